The number of nitrogens with one attached hydrogen (secondary N) is 1. The fraction of sp³-hybridized carbons (Fsp3) is 0.625. The smallest absolute Gasteiger partial charge is 0.311 e. The van der Waals surface area contributed by atoms with E-state index in [0.29, 0.717) is 18.4 Å². The zero-order chi connectivity index (χ0) is 22.0. The van der Waals surface area contributed by atoms with Crippen molar-refractivity contribution >= 4 is 23.5 Å². The first-order valence-electron chi connectivity index (χ1n) is 11.0. The van der Waals surface area contributed by atoms with Crippen molar-refractivity contribution in [1.29, 1.82) is 0 Å². The van der Waals surface area contributed by atoms with E-state index in [1.165, 1.54) is 6.42 Å². The van der Waals surface area contributed by atoms with E-state index in [9.17, 15) is 14.4 Å². The summed E-state index contributed by atoms with van der Waals surface area (Å²) in [7, 11) is 0. The number of aryl methyl sites for hydroxylation is 3. The molecule has 1 aromatic rings. The minimum Gasteiger partial charge on any atom is -0.455 e. The molecule has 2 aliphatic rings. The van der Waals surface area contributed by atoms with E-state index in [1.54, 1.807) is 0 Å². The number of likely N-dealkylation sites (tertiary alicyclic amines) is 1. The normalized spacial score (nSPS) is 26.6. The van der Waals surface area contributed by atoms with E-state index >= 15 is 0 Å². The Morgan fingerprint density at radius 1 is 1.13 bits per heavy atom. The third kappa shape index (κ3) is 4.85. The second-order valence-corrected chi connectivity index (χ2v) is 9.21. The molecule has 0 unspecified atom stereocenters. The average molecular weight is 415 g/mol. The summed E-state index contributed by atoms with van der Waals surface area (Å²) in [5, 5.41) is 2.84. The third-order valence-electron chi connectivity index (χ3n) is 6.84. The summed E-state index contributed by atoms with van der Waals surface area (Å²) in [6, 6.07) is 4.20. The summed E-state index contributed by atoms with van der Waals surface area (Å²) in [6.45, 7) is 10.4. The molecule has 6 nitrogen and oxygen atoms in total. The molecule has 2 fully saturated rings. The highest BCUT2D eigenvalue weighted by atomic mass is 16.5. The number of benzene rings is 1. The summed E-state index contributed by atoms with van der Waals surface area (Å²) < 4.78 is 5.27. The van der Waals surface area contributed by atoms with Crippen molar-refractivity contribution in [2.24, 2.45) is 17.8 Å². The molecule has 0 aromatic heterocycles. The number of esters is 1. The number of carbonyl (C=O) groups excluding carboxylic acids is 3. The lowest BCUT2D eigenvalue weighted by Gasteiger charge is -2.39. The van der Waals surface area contributed by atoms with Crippen LogP contribution in [0.5, 0.6) is 0 Å². The van der Waals surface area contributed by atoms with Gasteiger partial charge in [-0.3, -0.25) is 14.4 Å². The van der Waals surface area contributed by atoms with Crippen LogP contribution in [0.1, 0.15) is 56.2 Å². The molecule has 1 aliphatic heterocycles. The number of ether oxygens (including phenoxy) is 1. The number of hydrogen-bond acceptors (Lipinski definition) is 4. The maximum atomic E-state index is 12.6. The zero-order valence-electron chi connectivity index (χ0n) is 18.8. The van der Waals surface area contributed by atoms with Crippen LogP contribution in [0.15, 0.2) is 12.1 Å². The SMILES string of the molecule is Cc1cc(C)c(NC(=O)COC(=O)[C@@H]2CC(=O)N([C@H]3CCC[C@H](C)[C@@H]3C)C2)c(C)c1. The van der Waals surface area contributed by atoms with Crippen molar-refractivity contribution in [3.63, 3.8) is 0 Å². The van der Waals surface area contributed by atoms with Crippen LogP contribution >= 0.6 is 0 Å². The molecule has 4 atom stereocenters. The van der Waals surface area contributed by atoms with E-state index in [2.05, 4.69) is 19.2 Å². The fourth-order valence-electron chi connectivity index (χ4n) is 5.01. The maximum absolute atomic E-state index is 12.6. The number of nitrogens with zero attached hydrogens (tertiary/aromatic N) is 1. The van der Waals surface area contributed by atoms with Crippen LogP contribution in [-0.2, 0) is 19.1 Å². The van der Waals surface area contributed by atoms with E-state index < -0.39 is 11.9 Å². The molecule has 30 heavy (non-hydrogen) atoms. The second kappa shape index (κ2) is 9.19. The topological polar surface area (TPSA) is 75.7 Å². The van der Waals surface area contributed by atoms with Gasteiger partial charge in [-0.2, -0.15) is 0 Å². The van der Waals surface area contributed by atoms with Crippen LogP contribution in [0.2, 0.25) is 0 Å². The lowest BCUT2D eigenvalue weighted by Crippen LogP contribution is -2.45. The van der Waals surface area contributed by atoms with Crippen molar-refractivity contribution in [1.82, 2.24) is 4.90 Å². The van der Waals surface area contributed by atoms with Gasteiger partial charge in [0.15, 0.2) is 6.61 Å². The van der Waals surface area contributed by atoms with Gasteiger partial charge < -0.3 is 15.0 Å². The van der Waals surface area contributed by atoms with Crippen LogP contribution in [0.25, 0.3) is 0 Å². The van der Waals surface area contributed by atoms with E-state index in [4.69, 9.17) is 4.74 Å². The molecular formula is C24H34N2O4. The van der Waals surface area contributed by atoms with Gasteiger partial charge in [-0.1, -0.05) is 44.4 Å². The number of carbonyl (C=O) groups is 3. The van der Waals surface area contributed by atoms with Crippen molar-refractivity contribution in [3.8, 4) is 0 Å². The van der Waals surface area contributed by atoms with Gasteiger partial charge in [0.05, 0.1) is 5.92 Å². The number of rotatable bonds is 5. The Bertz CT molecular complexity index is 811. The minimum absolute atomic E-state index is 0.0262. The predicted molar refractivity (Wildman–Crippen MR) is 116 cm³/mol. The molecule has 0 spiro atoms. The van der Waals surface area contributed by atoms with Gasteiger partial charge in [0.2, 0.25) is 5.91 Å². The molecule has 1 heterocycles. The molecule has 6 heteroatoms. The molecule has 1 saturated carbocycles. The van der Waals surface area contributed by atoms with Crippen LogP contribution in [0.4, 0.5) is 5.69 Å². The first-order chi connectivity index (χ1) is 14.2. The van der Waals surface area contributed by atoms with Crippen LogP contribution in [0.3, 0.4) is 0 Å². The lowest BCUT2D eigenvalue weighted by atomic mass is 9.77. The Labute approximate surface area is 179 Å². The molecule has 1 N–H and O–H groups in total. The van der Waals surface area contributed by atoms with Gasteiger partial charge in [0.1, 0.15) is 0 Å². The highest BCUT2D eigenvalue weighted by Gasteiger charge is 2.42. The zero-order valence-corrected chi connectivity index (χ0v) is 18.8. The number of hydrogen-bond donors (Lipinski definition) is 1. The standard InChI is InChI=1S/C24H34N2O4/c1-14-9-16(3)23(17(4)10-14)25-21(27)13-30-24(29)19-11-22(28)26(12-19)20-8-6-7-15(2)18(20)5/h9-10,15,18-20H,6-8,11-13H2,1-5H3,(H,25,27)/t15-,18-,19+,20-/m0/s1. The number of anilines is 1. The summed E-state index contributed by atoms with van der Waals surface area (Å²) in [6.07, 6.45) is 3.48. The van der Waals surface area contributed by atoms with Crippen LogP contribution < -0.4 is 5.32 Å². The monoisotopic (exact) mass is 414 g/mol. The molecule has 3 rings (SSSR count). The molecular weight excluding hydrogens is 380 g/mol. The average Bonchev–Trinajstić information content (AvgIpc) is 3.06. The Hall–Kier alpha value is -2.37. The first-order valence-corrected chi connectivity index (χ1v) is 11.0. The largest absolute Gasteiger partial charge is 0.455 e. The first kappa shape index (κ1) is 22.3. The molecule has 164 valence electrons. The van der Waals surface area contributed by atoms with Crippen molar-refractivity contribution in [3.05, 3.63) is 28.8 Å². The van der Waals surface area contributed by atoms with Gasteiger partial charge in [-0.25, -0.2) is 0 Å². The van der Waals surface area contributed by atoms with Crippen molar-refractivity contribution in [2.75, 3.05) is 18.5 Å². The van der Waals surface area contributed by atoms with E-state index in [-0.39, 0.29) is 30.9 Å². The van der Waals surface area contributed by atoms with Crippen molar-refractivity contribution in [2.45, 2.75) is 66.3 Å². The second-order valence-electron chi connectivity index (χ2n) is 9.21. The number of amides is 2. The van der Waals surface area contributed by atoms with Gasteiger partial charge in [0, 0.05) is 24.7 Å². The Morgan fingerprint density at radius 2 is 1.80 bits per heavy atom. The quantitative estimate of drug-likeness (QED) is 0.744. The predicted octanol–water partition coefficient (Wildman–Crippen LogP) is 3.77. The molecule has 0 bridgehead atoms. The summed E-state index contributed by atoms with van der Waals surface area (Å²) in [5.41, 5.74) is 3.83. The minimum atomic E-state index is -0.488. The van der Waals surface area contributed by atoms with E-state index in [0.717, 1.165) is 35.2 Å². The van der Waals surface area contributed by atoms with Crippen LogP contribution in [-0.4, -0.2) is 41.9 Å². The molecule has 1 saturated heterocycles. The summed E-state index contributed by atoms with van der Waals surface area (Å²) in [5.74, 6) is -0.274. The molecule has 1 aliphatic carbocycles. The highest BCUT2D eigenvalue weighted by Crippen LogP contribution is 2.36. The fourth-order valence-corrected chi connectivity index (χ4v) is 5.01. The maximum Gasteiger partial charge on any atom is 0.311 e. The third-order valence-corrected chi connectivity index (χ3v) is 6.84. The molecule has 0 radical (unpaired) electrons. The lowest BCUT2D eigenvalue weighted by molar-refractivity contribution is -0.151. The summed E-state index contributed by atoms with van der Waals surface area (Å²) in [4.78, 5) is 39.3. The van der Waals surface area contributed by atoms with Crippen molar-refractivity contribution < 1.29 is 19.1 Å². The highest BCUT2D eigenvalue weighted by molar-refractivity contribution is 5.95. The Morgan fingerprint density at radius 3 is 2.47 bits per heavy atom. The molecule has 1 aromatic carbocycles. The van der Waals surface area contributed by atoms with Crippen LogP contribution in [0, 0.1) is 38.5 Å². The van der Waals surface area contributed by atoms with Gasteiger partial charge >= 0.3 is 5.97 Å². The Balaban J connectivity index is 1.53. The van der Waals surface area contributed by atoms with Gasteiger partial charge in [-0.15, -0.1) is 0 Å². The van der Waals surface area contributed by atoms with Gasteiger partial charge in [0.25, 0.3) is 5.91 Å². The summed E-state index contributed by atoms with van der Waals surface area (Å²) >= 11 is 0. The molecule has 2 amide bonds. The van der Waals surface area contributed by atoms with Gasteiger partial charge in [-0.05, 0) is 50.2 Å². The Kier molecular flexibility index (Phi) is 6.84. The van der Waals surface area contributed by atoms with E-state index in [1.807, 2.05) is 37.8 Å².